The minimum atomic E-state index is -0.526. The number of fused-ring (bicyclic) bond motifs is 1. The van der Waals surface area contributed by atoms with Crippen molar-refractivity contribution in [3.05, 3.63) is 70.8 Å². The number of amides is 1. The molecule has 5 heteroatoms. The van der Waals surface area contributed by atoms with Crippen molar-refractivity contribution in [1.29, 1.82) is 0 Å². The Balaban J connectivity index is 1.50. The highest BCUT2D eigenvalue weighted by Gasteiger charge is 2.34. The van der Waals surface area contributed by atoms with Crippen LogP contribution in [-0.4, -0.2) is 48.8 Å². The van der Waals surface area contributed by atoms with Gasteiger partial charge in [-0.2, -0.15) is 0 Å². The van der Waals surface area contributed by atoms with Crippen LogP contribution in [0.1, 0.15) is 49.1 Å². The summed E-state index contributed by atoms with van der Waals surface area (Å²) in [7, 11) is 0. The Morgan fingerprint density at radius 3 is 2.41 bits per heavy atom. The van der Waals surface area contributed by atoms with E-state index in [2.05, 4.69) is 71.4 Å². The second-order valence-corrected chi connectivity index (χ2v) is 9.89. The topological polar surface area (TPSA) is 44.8 Å². The number of carbonyl (C=O) groups is 1. The second kappa shape index (κ2) is 8.99. The smallest absolute Gasteiger partial charge is 0.408 e. The molecule has 5 nitrogen and oxygen atoms in total. The first-order valence-electron chi connectivity index (χ1n) is 11.5. The fourth-order valence-corrected chi connectivity index (χ4v) is 4.57. The number of piperazine rings is 1. The summed E-state index contributed by atoms with van der Waals surface area (Å²) in [6, 6.07) is 15.0. The van der Waals surface area contributed by atoms with Gasteiger partial charge in [-0.1, -0.05) is 42.5 Å². The van der Waals surface area contributed by atoms with Crippen molar-refractivity contribution in [1.82, 2.24) is 10.2 Å². The molecule has 0 aromatic heterocycles. The first-order valence-corrected chi connectivity index (χ1v) is 11.5. The SMILES string of the molecule is Cc1ccc(N2CCN([C@@H]3C=Cc4ccccc4[C@H]3NC(=O)OC(C)(C)C)CC2)cc1C. The van der Waals surface area contributed by atoms with Gasteiger partial charge in [-0.3, -0.25) is 4.90 Å². The Bertz CT molecular complexity index is 1000. The van der Waals surface area contributed by atoms with E-state index in [9.17, 15) is 4.79 Å². The Kier molecular flexibility index (Phi) is 6.29. The van der Waals surface area contributed by atoms with Gasteiger partial charge in [0.2, 0.25) is 0 Å². The second-order valence-electron chi connectivity index (χ2n) is 9.89. The maximum Gasteiger partial charge on any atom is 0.408 e. The first kappa shape index (κ1) is 22.4. The zero-order chi connectivity index (χ0) is 22.9. The van der Waals surface area contributed by atoms with Crippen LogP contribution in [0.15, 0.2) is 48.5 Å². The average Bonchev–Trinajstić information content (AvgIpc) is 2.75. The lowest BCUT2D eigenvalue weighted by molar-refractivity contribution is 0.0470. The van der Waals surface area contributed by atoms with Gasteiger partial charge in [-0.25, -0.2) is 4.79 Å². The van der Waals surface area contributed by atoms with Crippen molar-refractivity contribution >= 4 is 17.9 Å². The molecule has 0 spiro atoms. The van der Waals surface area contributed by atoms with Gasteiger partial charge < -0.3 is 15.0 Å². The van der Waals surface area contributed by atoms with Crippen molar-refractivity contribution < 1.29 is 9.53 Å². The van der Waals surface area contributed by atoms with E-state index in [1.807, 2.05) is 32.9 Å². The molecule has 1 N–H and O–H groups in total. The van der Waals surface area contributed by atoms with Gasteiger partial charge in [0, 0.05) is 31.9 Å². The highest BCUT2D eigenvalue weighted by Crippen LogP contribution is 2.32. The summed E-state index contributed by atoms with van der Waals surface area (Å²) >= 11 is 0. The molecule has 0 radical (unpaired) electrons. The van der Waals surface area contributed by atoms with Crippen molar-refractivity contribution in [3.8, 4) is 0 Å². The number of benzene rings is 2. The number of nitrogens with zero attached hydrogens (tertiary/aromatic N) is 2. The third-order valence-electron chi connectivity index (χ3n) is 6.41. The molecule has 1 aliphatic carbocycles. The van der Waals surface area contributed by atoms with Crippen LogP contribution < -0.4 is 10.2 Å². The van der Waals surface area contributed by atoms with Crippen molar-refractivity contribution in [2.24, 2.45) is 0 Å². The fourth-order valence-electron chi connectivity index (χ4n) is 4.57. The van der Waals surface area contributed by atoms with Crippen LogP contribution in [-0.2, 0) is 4.74 Å². The summed E-state index contributed by atoms with van der Waals surface area (Å²) in [5.74, 6) is 0. The number of nitrogens with one attached hydrogen (secondary N) is 1. The molecule has 0 saturated carbocycles. The molecule has 0 bridgehead atoms. The molecule has 2 atom stereocenters. The summed E-state index contributed by atoms with van der Waals surface area (Å²) in [6.07, 6.45) is 4.05. The van der Waals surface area contributed by atoms with E-state index in [0.29, 0.717) is 0 Å². The molecule has 4 rings (SSSR count). The average molecular weight is 434 g/mol. The molecule has 1 fully saturated rings. The van der Waals surface area contributed by atoms with Crippen LogP contribution in [0.4, 0.5) is 10.5 Å². The van der Waals surface area contributed by atoms with Gasteiger partial charge in [0.1, 0.15) is 5.60 Å². The number of hydrogen-bond acceptors (Lipinski definition) is 4. The molecule has 2 aromatic carbocycles. The predicted octanol–water partition coefficient (Wildman–Crippen LogP) is 5.09. The number of ether oxygens (including phenoxy) is 1. The highest BCUT2D eigenvalue weighted by atomic mass is 16.6. The van der Waals surface area contributed by atoms with E-state index >= 15 is 0 Å². The largest absolute Gasteiger partial charge is 0.444 e. The normalized spacial score (nSPS) is 21.2. The zero-order valence-electron chi connectivity index (χ0n) is 19.9. The van der Waals surface area contributed by atoms with E-state index in [1.165, 1.54) is 16.8 Å². The first-order chi connectivity index (χ1) is 15.2. The minimum absolute atomic E-state index is 0.0966. The third kappa shape index (κ3) is 4.99. The summed E-state index contributed by atoms with van der Waals surface area (Å²) in [4.78, 5) is 17.6. The van der Waals surface area contributed by atoms with E-state index in [0.717, 1.165) is 37.3 Å². The van der Waals surface area contributed by atoms with Crippen LogP contribution in [0.25, 0.3) is 6.08 Å². The highest BCUT2D eigenvalue weighted by molar-refractivity contribution is 5.70. The van der Waals surface area contributed by atoms with Gasteiger partial charge >= 0.3 is 6.09 Å². The van der Waals surface area contributed by atoms with Crippen LogP contribution >= 0.6 is 0 Å². The molecule has 2 aliphatic rings. The Morgan fingerprint density at radius 2 is 1.72 bits per heavy atom. The lowest BCUT2D eigenvalue weighted by atomic mass is 9.88. The van der Waals surface area contributed by atoms with Crippen LogP contribution in [0.5, 0.6) is 0 Å². The van der Waals surface area contributed by atoms with Crippen molar-refractivity contribution in [2.75, 3.05) is 31.1 Å². The van der Waals surface area contributed by atoms with Gasteiger partial charge in [0.05, 0.1) is 12.1 Å². The standard InChI is InChI=1S/C27H35N3O2/c1-19-10-12-22(18-20(19)2)29-14-16-30(17-15-29)24-13-11-21-8-6-7-9-23(21)25(24)28-26(31)32-27(3,4)5/h6-13,18,24-25H,14-17H2,1-5H3,(H,28,31)/t24-,25-/m1/s1. The number of carbonyl (C=O) groups excluding carboxylic acids is 1. The molecule has 1 amide bonds. The maximum atomic E-state index is 12.7. The van der Waals surface area contributed by atoms with Crippen molar-refractivity contribution in [3.63, 3.8) is 0 Å². The molecule has 1 aliphatic heterocycles. The Morgan fingerprint density at radius 1 is 1.00 bits per heavy atom. The summed E-state index contributed by atoms with van der Waals surface area (Å²) in [6.45, 7) is 13.8. The minimum Gasteiger partial charge on any atom is -0.444 e. The summed E-state index contributed by atoms with van der Waals surface area (Å²) < 4.78 is 5.59. The molecule has 0 unspecified atom stereocenters. The van der Waals surface area contributed by atoms with E-state index < -0.39 is 5.60 Å². The molecule has 1 saturated heterocycles. The molecule has 170 valence electrons. The number of anilines is 1. The molecular weight excluding hydrogens is 398 g/mol. The molecule has 1 heterocycles. The fraction of sp³-hybridized carbons (Fsp3) is 0.444. The van der Waals surface area contributed by atoms with Gasteiger partial charge in [0.25, 0.3) is 0 Å². The molecule has 32 heavy (non-hydrogen) atoms. The van der Waals surface area contributed by atoms with Crippen LogP contribution in [0, 0.1) is 13.8 Å². The van der Waals surface area contributed by atoms with Gasteiger partial charge in [-0.05, 0) is 69.0 Å². The summed E-state index contributed by atoms with van der Waals surface area (Å²) in [5, 5.41) is 3.17. The molecule has 2 aromatic rings. The lowest BCUT2D eigenvalue weighted by Crippen LogP contribution is -2.54. The Labute approximate surface area is 192 Å². The van der Waals surface area contributed by atoms with Gasteiger partial charge in [0.15, 0.2) is 0 Å². The van der Waals surface area contributed by atoms with E-state index in [-0.39, 0.29) is 18.2 Å². The van der Waals surface area contributed by atoms with Crippen LogP contribution in [0.3, 0.4) is 0 Å². The summed E-state index contributed by atoms with van der Waals surface area (Å²) in [5.41, 5.74) is 5.72. The quantitative estimate of drug-likeness (QED) is 0.733. The number of hydrogen-bond donors (Lipinski definition) is 1. The van der Waals surface area contributed by atoms with E-state index in [1.54, 1.807) is 0 Å². The number of alkyl carbamates (subject to hydrolysis) is 1. The van der Waals surface area contributed by atoms with Crippen molar-refractivity contribution in [2.45, 2.75) is 52.3 Å². The number of aryl methyl sites for hydroxylation is 2. The Hall–Kier alpha value is -2.79. The zero-order valence-corrected chi connectivity index (χ0v) is 19.9. The monoisotopic (exact) mass is 433 g/mol. The third-order valence-corrected chi connectivity index (χ3v) is 6.41. The maximum absolute atomic E-state index is 12.7. The number of rotatable bonds is 3. The molecular formula is C27H35N3O2. The van der Waals surface area contributed by atoms with Gasteiger partial charge in [-0.15, -0.1) is 0 Å². The lowest BCUT2D eigenvalue weighted by Gasteiger charge is -2.43. The van der Waals surface area contributed by atoms with E-state index in [4.69, 9.17) is 4.74 Å². The van der Waals surface area contributed by atoms with Crippen LogP contribution in [0.2, 0.25) is 0 Å². The predicted molar refractivity (Wildman–Crippen MR) is 131 cm³/mol.